The van der Waals surface area contributed by atoms with Crippen LogP contribution in [-0.2, 0) is 6.54 Å². The van der Waals surface area contributed by atoms with Crippen molar-refractivity contribution >= 4 is 16.5 Å². The summed E-state index contributed by atoms with van der Waals surface area (Å²) >= 11 is 0. The standard InChI is InChI=1S/C20H21NO2/c1-3-23-20-13-8-15-6-4-5-7-18(15)19(20)14-21-16-9-11-17(22-2)12-10-16/h4-13,21H,3,14H2,1-2H3. The highest BCUT2D eigenvalue weighted by molar-refractivity contribution is 5.88. The van der Waals surface area contributed by atoms with Crippen LogP contribution in [-0.4, -0.2) is 13.7 Å². The van der Waals surface area contributed by atoms with Gasteiger partial charge in [-0.3, -0.25) is 0 Å². The maximum absolute atomic E-state index is 5.81. The molecule has 0 amide bonds. The van der Waals surface area contributed by atoms with E-state index in [2.05, 4.69) is 41.7 Å². The normalized spacial score (nSPS) is 10.5. The first kappa shape index (κ1) is 15.2. The molecule has 0 saturated heterocycles. The van der Waals surface area contributed by atoms with Crippen LogP contribution >= 0.6 is 0 Å². The van der Waals surface area contributed by atoms with Gasteiger partial charge in [0.15, 0.2) is 0 Å². The monoisotopic (exact) mass is 307 g/mol. The van der Waals surface area contributed by atoms with Crippen molar-refractivity contribution in [1.29, 1.82) is 0 Å². The Labute approximate surface area is 136 Å². The molecule has 23 heavy (non-hydrogen) atoms. The van der Waals surface area contributed by atoms with E-state index in [9.17, 15) is 0 Å². The van der Waals surface area contributed by atoms with Gasteiger partial charge in [0.1, 0.15) is 11.5 Å². The van der Waals surface area contributed by atoms with Crippen LogP contribution in [0.25, 0.3) is 10.8 Å². The summed E-state index contributed by atoms with van der Waals surface area (Å²) in [7, 11) is 1.67. The Morgan fingerprint density at radius 2 is 1.70 bits per heavy atom. The van der Waals surface area contributed by atoms with Gasteiger partial charge in [0.05, 0.1) is 13.7 Å². The Kier molecular flexibility index (Phi) is 4.67. The highest BCUT2D eigenvalue weighted by Gasteiger charge is 2.08. The quantitative estimate of drug-likeness (QED) is 0.705. The van der Waals surface area contributed by atoms with E-state index in [4.69, 9.17) is 9.47 Å². The molecule has 0 atom stereocenters. The van der Waals surface area contributed by atoms with E-state index in [1.165, 1.54) is 16.3 Å². The first-order chi connectivity index (χ1) is 11.3. The summed E-state index contributed by atoms with van der Waals surface area (Å²) in [6.45, 7) is 3.38. The average Bonchev–Trinajstić information content (AvgIpc) is 2.61. The summed E-state index contributed by atoms with van der Waals surface area (Å²) in [5.41, 5.74) is 2.24. The maximum Gasteiger partial charge on any atom is 0.124 e. The number of anilines is 1. The molecule has 0 aliphatic carbocycles. The number of nitrogens with one attached hydrogen (secondary N) is 1. The smallest absolute Gasteiger partial charge is 0.124 e. The van der Waals surface area contributed by atoms with Gasteiger partial charge in [-0.25, -0.2) is 0 Å². The Bertz CT molecular complexity index is 781. The van der Waals surface area contributed by atoms with Crippen LogP contribution in [0.4, 0.5) is 5.69 Å². The third kappa shape index (κ3) is 3.39. The zero-order valence-electron chi connectivity index (χ0n) is 13.5. The molecular weight excluding hydrogens is 286 g/mol. The molecule has 0 aliphatic rings. The molecule has 3 rings (SSSR count). The average molecular weight is 307 g/mol. The van der Waals surface area contributed by atoms with Gasteiger partial charge >= 0.3 is 0 Å². The molecule has 3 aromatic carbocycles. The molecule has 0 heterocycles. The molecule has 0 aliphatic heterocycles. The fourth-order valence-corrected chi connectivity index (χ4v) is 2.69. The van der Waals surface area contributed by atoms with E-state index in [0.717, 1.165) is 17.2 Å². The minimum absolute atomic E-state index is 0.661. The zero-order chi connectivity index (χ0) is 16.1. The van der Waals surface area contributed by atoms with E-state index in [0.29, 0.717) is 13.2 Å². The first-order valence-corrected chi connectivity index (χ1v) is 7.83. The lowest BCUT2D eigenvalue weighted by Crippen LogP contribution is -2.04. The molecule has 0 unspecified atom stereocenters. The van der Waals surface area contributed by atoms with Crippen LogP contribution < -0.4 is 14.8 Å². The Balaban J connectivity index is 1.89. The Morgan fingerprint density at radius 3 is 2.43 bits per heavy atom. The van der Waals surface area contributed by atoms with Crippen LogP contribution in [0.1, 0.15) is 12.5 Å². The van der Waals surface area contributed by atoms with Crippen LogP contribution in [0, 0.1) is 0 Å². The van der Waals surface area contributed by atoms with Crippen molar-refractivity contribution in [2.24, 2.45) is 0 Å². The third-order valence-corrected chi connectivity index (χ3v) is 3.86. The molecule has 0 saturated carbocycles. The second kappa shape index (κ2) is 7.05. The molecule has 0 fully saturated rings. The predicted octanol–water partition coefficient (Wildman–Crippen LogP) is 4.86. The molecule has 0 radical (unpaired) electrons. The summed E-state index contributed by atoms with van der Waals surface area (Å²) < 4.78 is 11.0. The molecule has 0 bridgehead atoms. The number of rotatable bonds is 6. The van der Waals surface area contributed by atoms with Gasteiger partial charge in [0, 0.05) is 17.8 Å². The minimum atomic E-state index is 0.661. The summed E-state index contributed by atoms with van der Waals surface area (Å²) in [6.07, 6.45) is 0. The second-order valence-electron chi connectivity index (χ2n) is 5.28. The Hall–Kier alpha value is -2.68. The van der Waals surface area contributed by atoms with Crippen molar-refractivity contribution < 1.29 is 9.47 Å². The Morgan fingerprint density at radius 1 is 0.913 bits per heavy atom. The number of fused-ring (bicyclic) bond motifs is 1. The predicted molar refractivity (Wildman–Crippen MR) is 95.4 cm³/mol. The second-order valence-corrected chi connectivity index (χ2v) is 5.28. The van der Waals surface area contributed by atoms with Gasteiger partial charge in [0.25, 0.3) is 0 Å². The molecule has 0 spiro atoms. The zero-order valence-corrected chi connectivity index (χ0v) is 13.5. The molecule has 0 aromatic heterocycles. The number of methoxy groups -OCH3 is 1. The largest absolute Gasteiger partial charge is 0.497 e. The number of ether oxygens (including phenoxy) is 2. The maximum atomic E-state index is 5.81. The van der Waals surface area contributed by atoms with Crippen LogP contribution in [0.15, 0.2) is 60.7 Å². The van der Waals surface area contributed by atoms with E-state index >= 15 is 0 Å². The van der Waals surface area contributed by atoms with Gasteiger partial charge in [-0.2, -0.15) is 0 Å². The lowest BCUT2D eigenvalue weighted by Gasteiger charge is -2.15. The highest BCUT2D eigenvalue weighted by atomic mass is 16.5. The lowest BCUT2D eigenvalue weighted by molar-refractivity contribution is 0.337. The van der Waals surface area contributed by atoms with Crippen LogP contribution in [0.2, 0.25) is 0 Å². The first-order valence-electron chi connectivity index (χ1n) is 7.83. The third-order valence-electron chi connectivity index (χ3n) is 3.86. The molecule has 3 heteroatoms. The van der Waals surface area contributed by atoms with Crippen molar-refractivity contribution in [1.82, 2.24) is 0 Å². The molecule has 3 aromatic rings. The van der Waals surface area contributed by atoms with E-state index in [-0.39, 0.29) is 0 Å². The summed E-state index contributed by atoms with van der Waals surface area (Å²) in [5, 5.41) is 5.91. The van der Waals surface area contributed by atoms with Crippen LogP contribution in [0.3, 0.4) is 0 Å². The molecule has 118 valence electrons. The van der Waals surface area contributed by atoms with Crippen molar-refractivity contribution in [3.05, 3.63) is 66.2 Å². The van der Waals surface area contributed by atoms with Gasteiger partial charge in [-0.15, -0.1) is 0 Å². The summed E-state index contributed by atoms with van der Waals surface area (Å²) in [5.74, 6) is 1.79. The fourth-order valence-electron chi connectivity index (χ4n) is 2.69. The number of hydrogen-bond donors (Lipinski definition) is 1. The lowest BCUT2D eigenvalue weighted by atomic mass is 10.0. The highest BCUT2D eigenvalue weighted by Crippen LogP contribution is 2.29. The van der Waals surface area contributed by atoms with Crippen molar-refractivity contribution in [3.63, 3.8) is 0 Å². The van der Waals surface area contributed by atoms with Crippen molar-refractivity contribution in [2.75, 3.05) is 19.0 Å². The van der Waals surface area contributed by atoms with Gasteiger partial charge in [0.2, 0.25) is 0 Å². The fraction of sp³-hybridized carbons (Fsp3) is 0.200. The molecular formula is C20H21NO2. The van der Waals surface area contributed by atoms with Crippen LogP contribution in [0.5, 0.6) is 11.5 Å². The van der Waals surface area contributed by atoms with E-state index in [1.54, 1.807) is 7.11 Å². The molecule has 1 N–H and O–H groups in total. The number of benzene rings is 3. The summed E-state index contributed by atoms with van der Waals surface area (Å²) in [4.78, 5) is 0. The van der Waals surface area contributed by atoms with Gasteiger partial charge in [-0.1, -0.05) is 30.3 Å². The number of hydrogen-bond acceptors (Lipinski definition) is 3. The summed E-state index contributed by atoms with van der Waals surface area (Å²) in [6, 6.07) is 20.5. The van der Waals surface area contributed by atoms with Gasteiger partial charge < -0.3 is 14.8 Å². The molecule has 3 nitrogen and oxygen atoms in total. The topological polar surface area (TPSA) is 30.5 Å². The van der Waals surface area contributed by atoms with E-state index in [1.807, 2.05) is 31.2 Å². The van der Waals surface area contributed by atoms with E-state index < -0.39 is 0 Å². The minimum Gasteiger partial charge on any atom is -0.497 e. The SMILES string of the molecule is CCOc1ccc2ccccc2c1CNc1ccc(OC)cc1. The van der Waals surface area contributed by atoms with Crippen molar-refractivity contribution in [3.8, 4) is 11.5 Å². The van der Waals surface area contributed by atoms with Crippen molar-refractivity contribution in [2.45, 2.75) is 13.5 Å². The van der Waals surface area contributed by atoms with Gasteiger partial charge in [-0.05, 0) is 48.0 Å².